The van der Waals surface area contributed by atoms with Crippen molar-refractivity contribution in [3.8, 4) is 0 Å². The van der Waals surface area contributed by atoms with E-state index in [0.29, 0.717) is 24.0 Å². The molecule has 0 bridgehead atoms. The third-order valence-corrected chi connectivity index (χ3v) is 4.85. The van der Waals surface area contributed by atoms with Gasteiger partial charge in [0.2, 0.25) is 0 Å². The normalized spacial score (nSPS) is 17.2. The predicted octanol–water partition coefficient (Wildman–Crippen LogP) is 5.89. The van der Waals surface area contributed by atoms with E-state index in [4.69, 9.17) is 0 Å². The largest absolute Gasteiger partial charge is 0.207 e. The van der Waals surface area contributed by atoms with E-state index < -0.39 is 11.6 Å². The lowest BCUT2D eigenvalue weighted by Gasteiger charge is -2.26. The number of halogens is 3. The van der Waals surface area contributed by atoms with E-state index in [1.807, 2.05) is 25.1 Å². The SMILES string of the molecule is C/C=C/CCc1ccc(C2CCc3ccc(F)c(F)c3C2)c(F)c1. The highest BCUT2D eigenvalue weighted by Gasteiger charge is 2.26. The summed E-state index contributed by atoms with van der Waals surface area (Å²) in [6.45, 7) is 1.96. The van der Waals surface area contributed by atoms with Crippen LogP contribution in [0.3, 0.4) is 0 Å². The van der Waals surface area contributed by atoms with Crippen molar-refractivity contribution in [2.24, 2.45) is 0 Å². The van der Waals surface area contributed by atoms with Crippen LogP contribution in [-0.2, 0) is 19.3 Å². The molecule has 3 heteroatoms. The molecule has 1 atom stereocenters. The quantitative estimate of drug-likeness (QED) is 0.614. The molecule has 0 radical (unpaired) electrons. The molecule has 3 rings (SSSR count). The van der Waals surface area contributed by atoms with E-state index in [2.05, 4.69) is 6.08 Å². The van der Waals surface area contributed by atoms with Crippen molar-refractivity contribution in [1.29, 1.82) is 0 Å². The van der Waals surface area contributed by atoms with Crippen LogP contribution in [0, 0.1) is 17.5 Å². The maximum absolute atomic E-state index is 14.5. The summed E-state index contributed by atoms with van der Waals surface area (Å²) in [4.78, 5) is 0. The number of benzene rings is 2. The highest BCUT2D eigenvalue weighted by atomic mass is 19.2. The Bertz CT molecular complexity index is 762. The van der Waals surface area contributed by atoms with E-state index in [0.717, 1.165) is 30.4 Å². The maximum Gasteiger partial charge on any atom is 0.162 e. The van der Waals surface area contributed by atoms with Crippen molar-refractivity contribution in [3.63, 3.8) is 0 Å². The van der Waals surface area contributed by atoms with Crippen LogP contribution in [0.5, 0.6) is 0 Å². The monoisotopic (exact) mass is 330 g/mol. The van der Waals surface area contributed by atoms with Gasteiger partial charge in [-0.05, 0) is 79.3 Å². The zero-order valence-corrected chi connectivity index (χ0v) is 13.8. The molecule has 0 spiro atoms. The minimum atomic E-state index is -0.825. The van der Waals surface area contributed by atoms with Crippen molar-refractivity contribution in [3.05, 3.63) is 82.2 Å². The summed E-state index contributed by atoms with van der Waals surface area (Å²) in [5, 5.41) is 0. The van der Waals surface area contributed by atoms with Gasteiger partial charge >= 0.3 is 0 Å². The number of allylic oxidation sites excluding steroid dienone is 2. The molecule has 126 valence electrons. The van der Waals surface area contributed by atoms with Gasteiger partial charge in [0.25, 0.3) is 0 Å². The zero-order valence-electron chi connectivity index (χ0n) is 13.8. The first kappa shape index (κ1) is 16.8. The Morgan fingerprint density at radius 2 is 1.92 bits per heavy atom. The van der Waals surface area contributed by atoms with Crippen molar-refractivity contribution in [1.82, 2.24) is 0 Å². The third kappa shape index (κ3) is 3.40. The van der Waals surface area contributed by atoms with Crippen LogP contribution in [0.4, 0.5) is 13.2 Å². The number of hydrogen-bond acceptors (Lipinski definition) is 0. The van der Waals surface area contributed by atoms with Gasteiger partial charge in [-0.15, -0.1) is 0 Å². The summed E-state index contributed by atoms with van der Waals surface area (Å²) in [6.07, 6.45) is 7.49. The first-order valence-corrected chi connectivity index (χ1v) is 8.45. The Balaban J connectivity index is 1.81. The van der Waals surface area contributed by atoms with Gasteiger partial charge in [0, 0.05) is 0 Å². The summed E-state index contributed by atoms with van der Waals surface area (Å²) in [7, 11) is 0. The van der Waals surface area contributed by atoms with Crippen molar-refractivity contribution >= 4 is 0 Å². The smallest absolute Gasteiger partial charge is 0.162 e. The molecule has 0 saturated heterocycles. The Morgan fingerprint density at radius 3 is 2.67 bits per heavy atom. The van der Waals surface area contributed by atoms with Crippen LogP contribution in [0.1, 0.15) is 47.9 Å². The molecule has 1 aliphatic carbocycles. The number of hydrogen-bond donors (Lipinski definition) is 0. The van der Waals surface area contributed by atoms with E-state index in [9.17, 15) is 13.2 Å². The van der Waals surface area contributed by atoms with E-state index >= 15 is 0 Å². The molecule has 0 heterocycles. The van der Waals surface area contributed by atoms with Gasteiger partial charge in [0.1, 0.15) is 5.82 Å². The van der Waals surface area contributed by atoms with Crippen LogP contribution in [0.2, 0.25) is 0 Å². The average molecular weight is 330 g/mol. The fraction of sp³-hybridized carbons (Fsp3) is 0.333. The van der Waals surface area contributed by atoms with Gasteiger partial charge in [-0.3, -0.25) is 0 Å². The molecule has 24 heavy (non-hydrogen) atoms. The summed E-state index contributed by atoms with van der Waals surface area (Å²) in [6, 6.07) is 8.15. The average Bonchev–Trinajstić information content (AvgIpc) is 2.58. The third-order valence-electron chi connectivity index (χ3n) is 4.85. The van der Waals surface area contributed by atoms with Crippen LogP contribution >= 0.6 is 0 Å². The molecule has 0 nitrogen and oxygen atoms in total. The first-order chi connectivity index (χ1) is 11.6. The number of fused-ring (bicyclic) bond motifs is 1. The zero-order chi connectivity index (χ0) is 17.1. The maximum atomic E-state index is 14.5. The molecular formula is C21H21F3. The Morgan fingerprint density at radius 1 is 1.08 bits per heavy atom. The van der Waals surface area contributed by atoms with Gasteiger partial charge < -0.3 is 0 Å². The fourth-order valence-corrected chi connectivity index (χ4v) is 3.51. The van der Waals surface area contributed by atoms with Crippen molar-refractivity contribution in [2.45, 2.75) is 44.9 Å². The first-order valence-electron chi connectivity index (χ1n) is 8.45. The molecule has 0 N–H and O–H groups in total. The molecule has 1 aliphatic rings. The minimum Gasteiger partial charge on any atom is -0.207 e. The standard InChI is InChI=1S/C21H21F3/c1-2-3-4-5-14-6-10-17(20(23)12-14)16-8-7-15-9-11-19(22)21(24)18(15)13-16/h2-3,6,9-12,16H,4-5,7-8,13H2,1H3/b3-2+. The molecule has 2 aromatic rings. The van der Waals surface area contributed by atoms with Gasteiger partial charge in [-0.1, -0.05) is 30.4 Å². The van der Waals surface area contributed by atoms with Gasteiger partial charge in [-0.25, -0.2) is 13.2 Å². The van der Waals surface area contributed by atoms with Gasteiger partial charge in [0.15, 0.2) is 11.6 Å². The van der Waals surface area contributed by atoms with Crippen molar-refractivity contribution < 1.29 is 13.2 Å². The predicted molar refractivity (Wildman–Crippen MR) is 90.7 cm³/mol. The molecule has 2 aromatic carbocycles. The highest BCUT2D eigenvalue weighted by Crippen LogP contribution is 2.35. The summed E-state index contributed by atoms with van der Waals surface area (Å²) >= 11 is 0. The van der Waals surface area contributed by atoms with E-state index in [1.165, 1.54) is 6.07 Å². The lowest BCUT2D eigenvalue weighted by Crippen LogP contribution is -2.16. The minimum absolute atomic E-state index is 0.0987. The van der Waals surface area contributed by atoms with Crippen LogP contribution in [0.25, 0.3) is 0 Å². The highest BCUT2D eigenvalue weighted by molar-refractivity contribution is 5.37. The molecule has 0 aromatic heterocycles. The molecule has 0 saturated carbocycles. The molecule has 0 aliphatic heterocycles. The van der Waals surface area contributed by atoms with Crippen LogP contribution in [-0.4, -0.2) is 0 Å². The van der Waals surface area contributed by atoms with Gasteiger partial charge in [0.05, 0.1) is 0 Å². The van der Waals surface area contributed by atoms with E-state index in [-0.39, 0.29) is 11.7 Å². The molecular weight excluding hydrogens is 309 g/mol. The Kier molecular flexibility index (Phi) is 5.08. The Hall–Kier alpha value is -2.03. The second-order valence-electron chi connectivity index (χ2n) is 6.40. The fourth-order valence-electron chi connectivity index (χ4n) is 3.51. The van der Waals surface area contributed by atoms with Crippen LogP contribution < -0.4 is 0 Å². The Labute approximate surface area is 141 Å². The molecule has 0 amide bonds. The summed E-state index contributed by atoms with van der Waals surface area (Å²) in [5.41, 5.74) is 2.82. The number of rotatable bonds is 4. The topological polar surface area (TPSA) is 0 Å². The molecule has 0 fully saturated rings. The van der Waals surface area contributed by atoms with Crippen LogP contribution in [0.15, 0.2) is 42.5 Å². The number of aryl methyl sites for hydroxylation is 2. The lowest BCUT2D eigenvalue weighted by atomic mass is 9.79. The van der Waals surface area contributed by atoms with Gasteiger partial charge in [-0.2, -0.15) is 0 Å². The molecule has 1 unspecified atom stereocenters. The van der Waals surface area contributed by atoms with Crippen molar-refractivity contribution in [2.75, 3.05) is 0 Å². The lowest BCUT2D eigenvalue weighted by molar-refractivity contribution is 0.470. The summed E-state index contributed by atoms with van der Waals surface area (Å²) < 4.78 is 42.0. The second-order valence-corrected chi connectivity index (χ2v) is 6.40. The van der Waals surface area contributed by atoms with E-state index in [1.54, 1.807) is 12.1 Å². The summed E-state index contributed by atoms with van der Waals surface area (Å²) in [5.74, 6) is -1.94. The second kappa shape index (κ2) is 7.25.